The zero-order valence-corrected chi connectivity index (χ0v) is 15.1. The summed E-state index contributed by atoms with van der Waals surface area (Å²) in [4.78, 5) is 32.9. The highest BCUT2D eigenvalue weighted by Gasteiger charge is 2.25. The number of ether oxygens (including phenoxy) is 1. The number of aryl methyl sites for hydroxylation is 2. The van der Waals surface area contributed by atoms with E-state index in [1.54, 1.807) is 0 Å². The molecule has 0 aromatic heterocycles. The van der Waals surface area contributed by atoms with Crippen LogP contribution in [-0.2, 0) is 0 Å². The first-order valence-electron chi connectivity index (χ1n) is 8.11. The van der Waals surface area contributed by atoms with Gasteiger partial charge in [0.2, 0.25) is 0 Å². The Balaban J connectivity index is 2.05. The third-order valence-electron chi connectivity index (χ3n) is 3.86. The number of carbonyl (C=O) groups is 1. The van der Waals surface area contributed by atoms with Crippen LogP contribution >= 0.6 is 0 Å². The maximum atomic E-state index is 12.2. The second kappa shape index (κ2) is 8.26. The van der Waals surface area contributed by atoms with Crippen molar-refractivity contribution in [3.05, 3.63) is 72.8 Å². The van der Waals surface area contributed by atoms with Crippen LogP contribution in [0.15, 0.2) is 30.3 Å². The van der Waals surface area contributed by atoms with Crippen LogP contribution in [0, 0.1) is 41.0 Å². The molecule has 0 fully saturated rings. The summed E-state index contributed by atoms with van der Waals surface area (Å²) >= 11 is 0. The lowest BCUT2D eigenvalue weighted by molar-refractivity contribution is -0.395. The third-order valence-corrected chi connectivity index (χ3v) is 3.86. The number of nitro benzene ring substituents is 2. The van der Waals surface area contributed by atoms with E-state index in [0.29, 0.717) is 5.75 Å². The predicted octanol–water partition coefficient (Wildman–Crippen LogP) is 3.24. The van der Waals surface area contributed by atoms with Crippen LogP contribution < -0.4 is 10.1 Å². The molecule has 142 valence electrons. The minimum absolute atomic E-state index is 0.0975. The maximum Gasteiger partial charge on any atom is 0.279 e. The van der Waals surface area contributed by atoms with E-state index in [0.717, 1.165) is 23.3 Å². The highest BCUT2D eigenvalue weighted by Crippen LogP contribution is 2.29. The Morgan fingerprint density at radius 3 is 1.96 bits per heavy atom. The van der Waals surface area contributed by atoms with E-state index in [9.17, 15) is 25.0 Å². The Morgan fingerprint density at radius 1 is 0.963 bits per heavy atom. The number of hydrogen-bond acceptors (Lipinski definition) is 6. The van der Waals surface area contributed by atoms with Gasteiger partial charge in [0, 0.05) is 12.1 Å². The Labute approximate surface area is 155 Å². The molecule has 1 N–H and O–H groups in total. The van der Waals surface area contributed by atoms with E-state index in [-0.39, 0.29) is 24.3 Å². The van der Waals surface area contributed by atoms with Gasteiger partial charge < -0.3 is 10.1 Å². The van der Waals surface area contributed by atoms with Crippen molar-refractivity contribution >= 4 is 17.3 Å². The molecule has 2 aromatic rings. The Hall–Kier alpha value is -3.49. The van der Waals surface area contributed by atoms with Gasteiger partial charge in [-0.05, 0) is 44.0 Å². The average molecular weight is 373 g/mol. The molecule has 27 heavy (non-hydrogen) atoms. The van der Waals surface area contributed by atoms with Crippen LogP contribution in [0.1, 0.15) is 27.0 Å². The van der Waals surface area contributed by atoms with Crippen molar-refractivity contribution in [1.29, 1.82) is 0 Å². The molecule has 0 aliphatic rings. The first kappa shape index (κ1) is 19.8. The van der Waals surface area contributed by atoms with E-state index >= 15 is 0 Å². The van der Waals surface area contributed by atoms with E-state index in [1.165, 1.54) is 6.92 Å². The van der Waals surface area contributed by atoms with Gasteiger partial charge in [0.15, 0.2) is 0 Å². The van der Waals surface area contributed by atoms with Crippen molar-refractivity contribution < 1.29 is 19.4 Å². The summed E-state index contributed by atoms with van der Waals surface area (Å²) in [6, 6.07) is 7.79. The number of benzene rings is 2. The molecule has 0 atom stereocenters. The molecule has 1 amide bonds. The van der Waals surface area contributed by atoms with E-state index < -0.39 is 27.1 Å². The average Bonchev–Trinajstić information content (AvgIpc) is 2.57. The molecule has 0 spiro atoms. The predicted molar refractivity (Wildman–Crippen MR) is 98.2 cm³/mol. The molecule has 9 heteroatoms. The van der Waals surface area contributed by atoms with Crippen molar-refractivity contribution in [3.63, 3.8) is 0 Å². The molecule has 0 aliphatic carbocycles. The van der Waals surface area contributed by atoms with Crippen molar-refractivity contribution in [2.75, 3.05) is 13.2 Å². The standard InChI is InChI=1S/C18H19N3O6/c1-11-6-12(2)8-15(7-11)27-5-4-19-18(22)14-9-16(20(23)24)13(3)17(10-14)21(25)26/h6-10H,4-5H2,1-3H3,(H,19,22). The summed E-state index contributed by atoms with van der Waals surface area (Å²) < 4.78 is 5.57. The molecule has 2 aromatic carbocycles. The molecule has 0 bridgehead atoms. The Morgan fingerprint density at radius 2 is 1.48 bits per heavy atom. The minimum atomic E-state index is -0.748. The highest BCUT2D eigenvalue weighted by atomic mass is 16.6. The minimum Gasteiger partial charge on any atom is -0.492 e. The second-order valence-electron chi connectivity index (χ2n) is 6.08. The molecule has 9 nitrogen and oxygen atoms in total. The van der Waals surface area contributed by atoms with E-state index in [4.69, 9.17) is 4.74 Å². The summed E-state index contributed by atoms with van der Waals surface area (Å²) in [5.41, 5.74) is 0.911. The topological polar surface area (TPSA) is 125 Å². The molecular weight excluding hydrogens is 354 g/mol. The van der Waals surface area contributed by atoms with Gasteiger partial charge in [-0.2, -0.15) is 0 Å². The van der Waals surface area contributed by atoms with Crippen LogP contribution in [0.2, 0.25) is 0 Å². The van der Waals surface area contributed by atoms with Crippen molar-refractivity contribution in [3.8, 4) is 5.75 Å². The fourth-order valence-electron chi connectivity index (χ4n) is 2.65. The lowest BCUT2D eigenvalue weighted by atomic mass is 10.1. The number of rotatable bonds is 7. The SMILES string of the molecule is Cc1cc(C)cc(OCCNC(=O)c2cc([N+](=O)[O-])c(C)c([N+](=O)[O-])c2)c1. The van der Waals surface area contributed by atoms with Gasteiger partial charge in [0.25, 0.3) is 17.3 Å². The van der Waals surface area contributed by atoms with Crippen LogP contribution in [-0.4, -0.2) is 28.9 Å². The molecule has 2 rings (SSSR count). The van der Waals surface area contributed by atoms with Crippen molar-refractivity contribution in [2.45, 2.75) is 20.8 Å². The number of hydrogen-bond donors (Lipinski definition) is 1. The normalized spacial score (nSPS) is 10.3. The number of amides is 1. The Bertz CT molecular complexity index is 855. The summed E-state index contributed by atoms with van der Waals surface area (Å²) in [5.74, 6) is 0.0218. The van der Waals surface area contributed by atoms with Crippen molar-refractivity contribution in [1.82, 2.24) is 5.32 Å². The molecule has 0 saturated heterocycles. The van der Waals surface area contributed by atoms with Crippen molar-refractivity contribution in [2.24, 2.45) is 0 Å². The molecule has 0 heterocycles. The van der Waals surface area contributed by atoms with E-state index in [1.807, 2.05) is 32.0 Å². The number of nitrogens with zero attached hydrogens (tertiary/aromatic N) is 2. The summed E-state index contributed by atoms with van der Waals surface area (Å²) in [7, 11) is 0. The molecular formula is C18H19N3O6. The van der Waals surface area contributed by atoms with Gasteiger partial charge in [0.05, 0.1) is 22.0 Å². The van der Waals surface area contributed by atoms with Crippen LogP contribution in [0.5, 0.6) is 5.75 Å². The first-order valence-corrected chi connectivity index (χ1v) is 8.11. The zero-order chi connectivity index (χ0) is 20.1. The van der Waals surface area contributed by atoms with E-state index in [2.05, 4.69) is 5.32 Å². The third kappa shape index (κ3) is 5.00. The van der Waals surface area contributed by atoms with Gasteiger partial charge >= 0.3 is 0 Å². The fraction of sp³-hybridized carbons (Fsp3) is 0.278. The van der Waals surface area contributed by atoms with Gasteiger partial charge in [0.1, 0.15) is 17.9 Å². The van der Waals surface area contributed by atoms with Gasteiger partial charge in [-0.3, -0.25) is 25.0 Å². The maximum absolute atomic E-state index is 12.2. The summed E-state index contributed by atoms with van der Waals surface area (Å²) in [6.07, 6.45) is 0. The zero-order valence-electron chi connectivity index (χ0n) is 15.1. The molecule has 0 unspecified atom stereocenters. The first-order chi connectivity index (χ1) is 12.7. The largest absolute Gasteiger partial charge is 0.492 e. The number of carbonyl (C=O) groups excluding carboxylic acids is 1. The fourth-order valence-corrected chi connectivity index (χ4v) is 2.65. The number of nitro groups is 2. The Kier molecular flexibility index (Phi) is 6.07. The summed E-state index contributed by atoms with van der Waals surface area (Å²) in [5, 5.41) is 24.7. The van der Waals surface area contributed by atoms with Gasteiger partial charge in [-0.15, -0.1) is 0 Å². The number of nitrogens with one attached hydrogen (secondary N) is 1. The monoisotopic (exact) mass is 373 g/mol. The van der Waals surface area contributed by atoms with Gasteiger partial charge in [-0.1, -0.05) is 6.07 Å². The molecule has 0 aliphatic heterocycles. The smallest absolute Gasteiger partial charge is 0.279 e. The lowest BCUT2D eigenvalue weighted by Gasteiger charge is -2.10. The summed E-state index contributed by atoms with van der Waals surface area (Å²) in [6.45, 7) is 5.49. The second-order valence-corrected chi connectivity index (χ2v) is 6.08. The molecule has 0 saturated carbocycles. The van der Waals surface area contributed by atoms with Crippen LogP contribution in [0.25, 0.3) is 0 Å². The lowest BCUT2D eigenvalue weighted by Crippen LogP contribution is -2.28. The van der Waals surface area contributed by atoms with Crippen LogP contribution in [0.4, 0.5) is 11.4 Å². The highest BCUT2D eigenvalue weighted by molar-refractivity contribution is 5.96. The van der Waals surface area contributed by atoms with Crippen LogP contribution in [0.3, 0.4) is 0 Å². The molecule has 0 radical (unpaired) electrons. The van der Waals surface area contributed by atoms with Gasteiger partial charge in [-0.25, -0.2) is 0 Å². The quantitative estimate of drug-likeness (QED) is 0.451.